The number of rotatable bonds is 5. The average molecular weight is 230 g/mol. The zero-order chi connectivity index (χ0) is 12.0. The molecule has 1 rings (SSSR count). The number of carbonyl (C=O) groups is 2. The van der Waals surface area contributed by atoms with Crippen LogP contribution in [0.4, 0.5) is 0 Å². The minimum absolute atomic E-state index is 0.00282. The lowest BCUT2D eigenvalue weighted by molar-refractivity contribution is -0.148. The van der Waals surface area contributed by atoms with Crippen molar-refractivity contribution in [2.24, 2.45) is 0 Å². The maximum absolute atomic E-state index is 11.6. The molecule has 0 radical (unpaired) electrons. The Morgan fingerprint density at radius 1 is 1.56 bits per heavy atom. The minimum Gasteiger partial charge on any atom is -0.479 e. The van der Waals surface area contributed by atoms with Crippen LogP contribution in [0.3, 0.4) is 0 Å². The summed E-state index contributed by atoms with van der Waals surface area (Å²) >= 11 is 0. The van der Waals surface area contributed by atoms with Gasteiger partial charge in [-0.1, -0.05) is 6.42 Å². The van der Waals surface area contributed by atoms with Gasteiger partial charge in [-0.2, -0.15) is 0 Å². The molecule has 0 aromatic heterocycles. The van der Waals surface area contributed by atoms with Crippen molar-refractivity contribution < 1.29 is 19.4 Å². The largest absolute Gasteiger partial charge is 0.479 e. The van der Waals surface area contributed by atoms with E-state index in [1.165, 1.54) is 7.11 Å². The van der Waals surface area contributed by atoms with E-state index < -0.39 is 12.1 Å². The molecule has 0 saturated carbocycles. The number of carbonyl (C=O) groups excluding carboxylic acids is 1. The van der Waals surface area contributed by atoms with Gasteiger partial charge in [-0.05, 0) is 19.4 Å². The summed E-state index contributed by atoms with van der Waals surface area (Å²) in [5.41, 5.74) is 0. The number of ether oxygens (including phenoxy) is 1. The predicted molar refractivity (Wildman–Crippen MR) is 57.1 cm³/mol. The quantitative estimate of drug-likeness (QED) is 0.584. The number of piperidine rings is 1. The summed E-state index contributed by atoms with van der Waals surface area (Å²) in [4.78, 5) is 22.2. The van der Waals surface area contributed by atoms with Crippen molar-refractivity contribution in [1.82, 2.24) is 10.6 Å². The summed E-state index contributed by atoms with van der Waals surface area (Å²) in [6.07, 6.45) is 1.93. The van der Waals surface area contributed by atoms with E-state index in [0.717, 1.165) is 25.8 Å². The van der Waals surface area contributed by atoms with Crippen molar-refractivity contribution >= 4 is 11.9 Å². The lowest BCUT2D eigenvalue weighted by Gasteiger charge is -2.23. The second kappa shape index (κ2) is 6.44. The van der Waals surface area contributed by atoms with E-state index in [1.54, 1.807) is 0 Å². The van der Waals surface area contributed by atoms with Crippen molar-refractivity contribution in [2.45, 2.75) is 31.4 Å². The summed E-state index contributed by atoms with van der Waals surface area (Å²) in [7, 11) is 1.31. The van der Waals surface area contributed by atoms with Gasteiger partial charge < -0.3 is 20.5 Å². The molecule has 2 unspecified atom stereocenters. The third-order valence-electron chi connectivity index (χ3n) is 2.65. The molecule has 16 heavy (non-hydrogen) atoms. The summed E-state index contributed by atoms with van der Waals surface area (Å²) in [5.74, 6) is -1.22. The molecule has 92 valence electrons. The van der Waals surface area contributed by atoms with Crippen LogP contribution in [0.2, 0.25) is 0 Å². The summed E-state index contributed by atoms with van der Waals surface area (Å²) < 4.78 is 4.71. The molecule has 3 N–H and O–H groups in total. The highest BCUT2D eigenvalue weighted by molar-refractivity contribution is 5.82. The van der Waals surface area contributed by atoms with Crippen molar-refractivity contribution in [3.05, 3.63) is 0 Å². The molecular formula is C10H18N2O4. The van der Waals surface area contributed by atoms with Crippen LogP contribution in [0, 0.1) is 0 Å². The summed E-state index contributed by atoms with van der Waals surface area (Å²) in [5, 5.41) is 14.4. The van der Waals surface area contributed by atoms with Crippen LogP contribution in [0.1, 0.15) is 19.3 Å². The molecule has 0 bridgehead atoms. The molecule has 1 heterocycles. The van der Waals surface area contributed by atoms with Gasteiger partial charge in [0.1, 0.15) is 0 Å². The molecule has 0 aliphatic carbocycles. The van der Waals surface area contributed by atoms with Crippen molar-refractivity contribution in [2.75, 3.05) is 20.2 Å². The normalized spacial score (nSPS) is 22.4. The van der Waals surface area contributed by atoms with Crippen LogP contribution in [0.15, 0.2) is 0 Å². The Labute approximate surface area is 94.3 Å². The van der Waals surface area contributed by atoms with Crippen LogP contribution in [0.25, 0.3) is 0 Å². The van der Waals surface area contributed by atoms with Crippen molar-refractivity contribution in [1.29, 1.82) is 0 Å². The van der Waals surface area contributed by atoms with Gasteiger partial charge in [-0.15, -0.1) is 0 Å². The lowest BCUT2D eigenvalue weighted by Crippen LogP contribution is -2.49. The molecule has 0 aromatic carbocycles. The monoisotopic (exact) mass is 230 g/mol. The standard InChI is InChI=1S/C10H18N2O4/c1-16-8(10(14)15)6-12-9(13)7-4-2-3-5-11-7/h7-8,11H,2-6H2,1H3,(H,12,13)(H,14,15). The Hall–Kier alpha value is -1.14. The van der Waals surface area contributed by atoms with Crippen LogP contribution in [-0.4, -0.2) is 49.3 Å². The molecular weight excluding hydrogens is 212 g/mol. The number of hydrogen-bond donors (Lipinski definition) is 3. The van der Waals surface area contributed by atoms with Gasteiger partial charge in [0.05, 0.1) is 12.6 Å². The third kappa shape index (κ3) is 3.79. The topological polar surface area (TPSA) is 87.7 Å². The SMILES string of the molecule is COC(CNC(=O)C1CCCCN1)C(=O)O. The van der Waals surface area contributed by atoms with Crippen LogP contribution < -0.4 is 10.6 Å². The first kappa shape index (κ1) is 12.9. The predicted octanol–water partition coefficient (Wildman–Crippen LogP) is -0.656. The fourth-order valence-electron chi connectivity index (χ4n) is 1.66. The van der Waals surface area contributed by atoms with E-state index in [2.05, 4.69) is 10.6 Å². The molecule has 2 atom stereocenters. The van der Waals surface area contributed by atoms with Crippen LogP contribution >= 0.6 is 0 Å². The Morgan fingerprint density at radius 3 is 2.81 bits per heavy atom. The smallest absolute Gasteiger partial charge is 0.334 e. The van der Waals surface area contributed by atoms with Crippen molar-refractivity contribution in [3.63, 3.8) is 0 Å². The van der Waals surface area contributed by atoms with Gasteiger partial charge in [-0.3, -0.25) is 4.79 Å². The van der Waals surface area contributed by atoms with Crippen LogP contribution in [0.5, 0.6) is 0 Å². The summed E-state index contributed by atoms with van der Waals surface area (Å²) in [6, 6.07) is -0.194. The van der Waals surface area contributed by atoms with Gasteiger partial charge in [0.2, 0.25) is 5.91 Å². The molecule has 6 nitrogen and oxygen atoms in total. The van der Waals surface area contributed by atoms with E-state index >= 15 is 0 Å². The number of hydrogen-bond acceptors (Lipinski definition) is 4. The summed E-state index contributed by atoms with van der Waals surface area (Å²) in [6.45, 7) is 0.841. The molecule has 1 amide bonds. The molecule has 1 aliphatic heterocycles. The third-order valence-corrected chi connectivity index (χ3v) is 2.65. The lowest BCUT2D eigenvalue weighted by atomic mass is 10.0. The molecule has 1 aliphatic rings. The molecule has 0 aromatic rings. The van der Waals surface area contributed by atoms with E-state index in [0.29, 0.717) is 0 Å². The molecule has 6 heteroatoms. The van der Waals surface area contributed by atoms with E-state index in [1.807, 2.05) is 0 Å². The fraction of sp³-hybridized carbons (Fsp3) is 0.800. The molecule has 1 fully saturated rings. The van der Waals surface area contributed by atoms with E-state index in [4.69, 9.17) is 9.84 Å². The first-order valence-corrected chi connectivity index (χ1v) is 5.42. The minimum atomic E-state index is -1.07. The zero-order valence-electron chi connectivity index (χ0n) is 9.36. The fourth-order valence-corrected chi connectivity index (χ4v) is 1.66. The maximum atomic E-state index is 11.6. The van der Waals surface area contributed by atoms with Crippen molar-refractivity contribution in [3.8, 4) is 0 Å². The highest BCUT2D eigenvalue weighted by atomic mass is 16.5. The number of amides is 1. The highest BCUT2D eigenvalue weighted by Crippen LogP contribution is 2.06. The zero-order valence-corrected chi connectivity index (χ0v) is 9.36. The van der Waals surface area contributed by atoms with Gasteiger partial charge in [0.25, 0.3) is 0 Å². The Bertz CT molecular complexity index is 251. The number of aliphatic carboxylic acids is 1. The van der Waals surface area contributed by atoms with Gasteiger partial charge in [0.15, 0.2) is 6.10 Å². The van der Waals surface area contributed by atoms with Gasteiger partial charge in [0, 0.05) is 7.11 Å². The average Bonchev–Trinajstić information content (AvgIpc) is 2.30. The Kier molecular flexibility index (Phi) is 5.21. The second-order valence-corrected chi connectivity index (χ2v) is 3.81. The first-order valence-electron chi connectivity index (χ1n) is 5.42. The Balaban J connectivity index is 2.30. The van der Waals surface area contributed by atoms with Crippen LogP contribution in [-0.2, 0) is 14.3 Å². The molecule has 1 saturated heterocycles. The number of carboxylic acid groups (broad SMARTS) is 1. The number of carboxylic acids is 1. The number of methoxy groups -OCH3 is 1. The molecule has 0 spiro atoms. The number of nitrogens with one attached hydrogen (secondary N) is 2. The second-order valence-electron chi connectivity index (χ2n) is 3.81. The maximum Gasteiger partial charge on any atom is 0.334 e. The van der Waals surface area contributed by atoms with E-state index in [9.17, 15) is 9.59 Å². The first-order chi connectivity index (χ1) is 7.65. The van der Waals surface area contributed by atoms with Gasteiger partial charge >= 0.3 is 5.97 Å². The Morgan fingerprint density at radius 2 is 2.31 bits per heavy atom. The highest BCUT2D eigenvalue weighted by Gasteiger charge is 2.23. The van der Waals surface area contributed by atoms with E-state index in [-0.39, 0.29) is 18.5 Å². The van der Waals surface area contributed by atoms with Gasteiger partial charge in [-0.25, -0.2) is 4.79 Å².